The maximum atomic E-state index is 13.2. The highest BCUT2D eigenvalue weighted by Crippen LogP contribution is 2.15. The molecule has 0 bridgehead atoms. The molecule has 0 unspecified atom stereocenters. The zero-order chi connectivity index (χ0) is 16.8. The molecule has 2 aromatic rings. The van der Waals surface area contributed by atoms with E-state index in [1.807, 2.05) is 6.92 Å². The van der Waals surface area contributed by atoms with Crippen LogP contribution in [-0.4, -0.2) is 23.7 Å². The van der Waals surface area contributed by atoms with Crippen LogP contribution in [0.4, 0.5) is 4.39 Å². The van der Waals surface area contributed by atoms with Crippen LogP contribution in [0.25, 0.3) is 0 Å². The first-order chi connectivity index (χ1) is 11.0. The number of nitrogens with zero attached hydrogens (tertiary/aromatic N) is 1. The van der Waals surface area contributed by atoms with Crippen molar-refractivity contribution in [1.82, 2.24) is 10.5 Å². The van der Waals surface area contributed by atoms with Gasteiger partial charge in [0.1, 0.15) is 23.4 Å². The number of ether oxygens (including phenoxy) is 1. The summed E-state index contributed by atoms with van der Waals surface area (Å²) in [5.41, 5.74) is 1.53. The van der Waals surface area contributed by atoms with Crippen molar-refractivity contribution < 1.29 is 18.4 Å². The quantitative estimate of drug-likeness (QED) is 0.852. The average molecular weight is 320 g/mol. The van der Waals surface area contributed by atoms with Gasteiger partial charge >= 0.3 is 0 Å². The van der Waals surface area contributed by atoms with Crippen molar-refractivity contribution in [3.05, 3.63) is 47.1 Å². The van der Waals surface area contributed by atoms with E-state index in [0.717, 1.165) is 11.3 Å². The van der Waals surface area contributed by atoms with Gasteiger partial charge < -0.3 is 14.6 Å². The summed E-state index contributed by atoms with van der Waals surface area (Å²) in [4.78, 5) is 12.0. The van der Waals surface area contributed by atoms with E-state index in [1.165, 1.54) is 12.1 Å². The second-order valence-corrected chi connectivity index (χ2v) is 5.39. The predicted octanol–water partition coefficient (Wildman–Crippen LogP) is 2.95. The Balaban J connectivity index is 1.86. The van der Waals surface area contributed by atoms with Crippen molar-refractivity contribution in [3.63, 3.8) is 0 Å². The molecule has 2 rings (SSSR count). The molecule has 1 atom stereocenters. The van der Waals surface area contributed by atoms with Crippen LogP contribution in [0.15, 0.2) is 28.8 Å². The third-order valence-corrected chi connectivity index (χ3v) is 3.60. The fourth-order valence-electron chi connectivity index (χ4n) is 2.21. The largest absolute Gasteiger partial charge is 0.489 e. The van der Waals surface area contributed by atoms with E-state index >= 15 is 0 Å². The van der Waals surface area contributed by atoms with Crippen LogP contribution in [0, 0.1) is 19.7 Å². The van der Waals surface area contributed by atoms with Crippen LogP contribution in [-0.2, 0) is 11.2 Å². The van der Waals surface area contributed by atoms with Gasteiger partial charge in [-0.3, -0.25) is 4.79 Å². The van der Waals surface area contributed by atoms with Crippen LogP contribution in [0.2, 0.25) is 0 Å². The molecular weight excluding hydrogens is 299 g/mol. The highest BCUT2D eigenvalue weighted by Gasteiger charge is 2.15. The topological polar surface area (TPSA) is 64.4 Å². The number of carbonyl (C=O) groups excluding carboxylic acids is 1. The minimum atomic E-state index is -0.347. The summed E-state index contributed by atoms with van der Waals surface area (Å²) in [6.45, 7) is 5.89. The minimum Gasteiger partial charge on any atom is -0.489 e. The Kier molecular flexibility index (Phi) is 5.73. The molecule has 1 aromatic carbocycles. The number of hydrogen-bond acceptors (Lipinski definition) is 4. The number of carbonyl (C=O) groups is 1. The lowest BCUT2D eigenvalue weighted by Gasteiger charge is -2.18. The van der Waals surface area contributed by atoms with Gasteiger partial charge in [0.2, 0.25) is 5.91 Å². The number of nitrogens with one attached hydrogen (secondary N) is 1. The number of hydrogen-bond donors (Lipinski definition) is 1. The van der Waals surface area contributed by atoms with Crippen molar-refractivity contribution in [2.45, 2.75) is 39.7 Å². The summed E-state index contributed by atoms with van der Waals surface area (Å²) >= 11 is 0. The van der Waals surface area contributed by atoms with Gasteiger partial charge in [0.15, 0.2) is 0 Å². The Hall–Kier alpha value is -2.37. The monoisotopic (exact) mass is 320 g/mol. The first kappa shape index (κ1) is 17.0. The van der Waals surface area contributed by atoms with Crippen LogP contribution < -0.4 is 10.1 Å². The van der Waals surface area contributed by atoms with E-state index in [1.54, 1.807) is 26.0 Å². The lowest BCUT2D eigenvalue weighted by Crippen LogP contribution is -2.35. The molecular formula is C17H21FN2O3. The minimum absolute atomic E-state index is 0.124. The molecule has 0 aliphatic carbocycles. The molecule has 124 valence electrons. The highest BCUT2D eigenvalue weighted by atomic mass is 19.1. The molecule has 0 fully saturated rings. The number of aryl methyl sites for hydroxylation is 2. The number of rotatable bonds is 7. The standard InChI is InChI=1S/C17H21FN2O3/c1-4-14(22-15-7-5-6-13(18)8-15)10-19-17(21)9-16-11(2)20-23-12(16)3/h5-8,14H,4,9-10H2,1-3H3,(H,19,21)/t14-/m0/s1. The number of benzene rings is 1. The Morgan fingerprint density at radius 1 is 1.43 bits per heavy atom. The van der Waals surface area contributed by atoms with Crippen molar-refractivity contribution in [2.75, 3.05) is 6.54 Å². The van der Waals surface area contributed by atoms with E-state index in [2.05, 4.69) is 10.5 Å². The molecule has 1 amide bonds. The van der Waals surface area contributed by atoms with Gasteiger partial charge in [0, 0.05) is 11.6 Å². The van der Waals surface area contributed by atoms with Gasteiger partial charge in [-0.2, -0.15) is 0 Å². The highest BCUT2D eigenvalue weighted by molar-refractivity contribution is 5.79. The van der Waals surface area contributed by atoms with Crippen LogP contribution in [0.1, 0.15) is 30.4 Å². The van der Waals surface area contributed by atoms with Crippen molar-refractivity contribution in [3.8, 4) is 5.75 Å². The van der Waals surface area contributed by atoms with Gasteiger partial charge in [0.05, 0.1) is 18.7 Å². The molecule has 1 aromatic heterocycles. The maximum Gasteiger partial charge on any atom is 0.224 e. The van der Waals surface area contributed by atoms with Gasteiger partial charge in [-0.1, -0.05) is 18.1 Å². The second-order valence-electron chi connectivity index (χ2n) is 5.39. The molecule has 0 radical (unpaired) electrons. The van der Waals surface area contributed by atoms with Crippen molar-refractivity contribution in [2.24, 2.45) is 0 Å². The summed E-state index contributed by atoms with van der Waals surface area (Å²) in [6, 6.07) is 5.97. The normalized spacial score (nSPS) is 12.0. The van der Waals surface area contributed by atoms with E-state index in [9.17, 15) is 9.18 Å². The molecule has 0 aliphatic rings. The molecule has 23 heavy (non-hydrogen) atoms. The summed E-state index contributed by atoms with van der Waals surface area (Å²) in [7, 11) is 0. The van der Waals surface area contributed by atoms with Gasteiger partial charge in [0.25, 0.3) is 0 Å². The molecule has 0 spiro atoms. The second kappa shape index (κ2) is 7.76. The fourth-order valence-corrected chi connectivity index (χ4v) is 2.21. The van der Waals surface area contributed by atoms with Crippen molar-refractivity contribution in [1.29, 1.82) is 0 Å². The number of aromatic nitrogens is 1. The smallest absolute Gasteiger partial charge is 0.224 e. The summed E-state index contributed by atoms with van der Waals surface area (Å²) < 4.78 is 23.9. The molecule has 1 N–H and O–H groups in total. The van der Waals surface area contributed by atoms with Crippen LogP contribution in [0.5, 0.6) is 5.75 Å². The average Bonchev–Trinajstić information content (AvgIpc) is 2.83. The number of halogens is 1. The predicted molar refractivity (Wildman–Crippen MR) is 83.8 cm³/mol. The molecule has 0 aliphatic heterocycles. The zero-order valence-corrected chi connectivity index (χ0v) is 13.6. The summed E-state index contributed by atoms with van der Waals surface area (Å²) in [5, 5.41) is 6.66. The molecule has 5 nitrogen and oxygen atoms in total. The SMILES string of the molecule is CC[C@@H](CNC(=O)Cc1c(C)noc1C)Oc1cccc(F)c1. The van der Waals surface area contributed by atoms with Gasteiger partial charge in [-0.05, 0) is 32.4 Å². The van der Waals surface area contributed by atoms with Gasteiger partial charge in [-0.25, -0.2) is 4.39 Å². The van der Waals surface area contributed by atoms with E-state index < -0.39 is 0 Å². The molecule has 6 heteroatoms. The number of amides is 1. The van der Waals surface area contributed by atoms with Crippen LogP contribution in [0.3, 0.4) is 0 Å². The Bertz CT molecular complexity index is 650. The first-order valence-corrected chi connectivity index (χ1v) is 7.60. The van der Waals surface area contributed by atoms with Crippen LogP contribution >= 0.6 is 0 Å². The lowest BCUT2D eigenvalue weighted by molar-refractivity contribution is -0.120. The maximum absolute atomic E-state index is 13.2. The third kappa shape index (κ3) is 4.81. The van der Waals surface area contributed by atoms with E-state index in [-0.39, 0.29) is 24.2 Å². The summed E-state index contributed by atoms with van der Waals surface area (Å²) in [5.74, 6) is 0.637. The Morgan fingerprint density at radius 2 is 2.22 bits per heavy atom. The zero-order valence-electron chi connectivity index (χ0n) is 13.6. The molecule has 1 heterocycles. The van der Waals surface area contributed by atoms with Gasteiger partial charge in [-0.15, -0.1) is 0 Å². The van der Waals surface area contributed by atoms with Crippen molar-refractivity contribution >= 4 is 5.91 Å². The van der Waals surface area contributed by atoms with E-state index in [4.69, 9.17) is 9.26 Å². The van der Waals surface area contributed by atoms with E-state index in [0.29, 0.717) is 24.5 Å². The Labute approximate surface area is 134 Å². The first-order valence-electron chi connectivity index (χ1n) is 7.60. The molecule has 0 saturated carbocycles. The Morgan fingerprint density at radius 3 is 2.83 bits per heavy atom. The third-order valence-electron chi connectivity index (χ3n) is 3.60. The fraction of sp³-hybridized carbons (Fsp3) is 0.412. The lowest BCUT2D eigenvalue weighted by atomic mass is 10.1. The molecule has 0 saturated heterocycles. The summed E-state index contributed by atoms with van der Waals surface area (Å²) in [6.07, 6.45) is 0.699.